The van der Waals surface area contributed by atoms with E-state index in [0.29, 0.717) is 6.61 Å². The first-order chi connectivity index (χ1) is 11.1. The third-order valence-corrected chi connectivity index (χ3v) is 3.55. The summed E-state index contributed by atoms with van der Waals surface area (Å²) in [5, 5.41) is 5.74. The Kier molecular flexibility index (Phi) is 7.48. The zero-order chi connectivity index (χ0) is 18.3. The van der Waals surface area contributed by atoms with Gasteiger partial charge in [-0.25, -0.2) is 0 Å². The van der Waals surface area contributed by atoms with Crippen LogP contribution in [0.2, 0.25) is 0 Å². The van der Waals surface area contributed by atoms with Crippen molar-refractivity contribution in [2.75, 3.05) is 13.7 Å². The lowest BCUT2D eigenvalue weighted by atomic mass is 9.88. The highest BCUT2D eigenvalue weighted by molar-refractivity contribution is 5.95. The van der Waals surface area contributed by atoms with Gasteiger partial charge in [-0.2, -0.15) is 0 Å². The van der Waals surface area contributed by atoms with Gasteiger partial charge in [-0.15, -0.1) is 0 Å². The van der Waals surface area contributed by atoms with Gasteiger partial charge in [0.15, 0.2) is 5.76 Å². The van der Waals surface area contributed by atoms with Crippen LogP contribution in [-0.4, -0.2) is 37.6 Å². The summed E-state index contributed by atoms with van der Waals surface area (Å²) in [5.74, 6) is -0.470. The summed E-state index contributed by atoms with van der Waals surface area (Å²) in [7, 11) is 1.61. The van der Waals surface area contributed by atoms with Gasteiger partial charge in [0.2, 0.25) is 5.91 Å². The molecule has 0 fully saturated rings. The average molecular weight is 338 g/mol. The van der Waals surface area contributed by atoms with E-state index in [-0.39, 0.29) is 29.0 Å². The monoisotopic (exact) mass is 338 g/mol. The van der Waals surface area contributed by atoms with Crippen LogP contribution >= 0.6 is 0 Å². The summed E-state index contributed by atoms with van der Waals surface area (Å²) < 4.78 is 10.3. The number of ether oxygens (including phenoxy) is 1. The Bertz CT molecular complexity index is 518. The minimum Gasteiger partial charge on any atom is -0.459 e. The molecule has 2 N–H and O–H groups in total. The van der Waals surface area contributed by atoms with Crippen molar-refractivity contribution in [1.82, 2.24) is 10.6 Å². The minimum absolute atomic E-state index is 0.0539. The average Bonchev–Trinajstić information content (AvgIpc) is 2.96. The molecule has 0 radical (unpaired) electrons. The van der Waals surface area contributed by atoms with Crippen LogP contribution in [0, 0.1) is 11.3 Å². The van der Waals surface area contributed by atoms with Crippen molar-refractivity contribution in [2.24, 2.45) is 11.3 Å². The summed E-state index contributed by atoms with van der Waals surface area (Å²) in [6.07, 6.45) is 2.21. The van der Waals surface area contributed by atoms with E-state index in [1.165, 1.54) is 6.26 Å². The SMILES string of the molecule is COCC(CC(C)(C)C)NC(=O)C(NC(=O)c1ccco1)C(C)C. The first kappa shape index (κ1) is 20.2. The largest absolute Gasteiger partial charge is 0.459 e. The van der Waals surface area contributed by atoms with E-state index >= 15 is 0 Å². The minimum atomic E-state index is -0.637. The van der Waals surface area contributed by atoms with Gasteiger partial charge in [0.25, 0.3) is 5.91 Å². The third kappa shape index (κ3) is 6.74. The maximum atomic E-state index is 12.6. The molecule has 2 unspecified atom stereocenters. The number of carbonyl (C=O) groups excluding carboxylic acids is 2. The van der Waals surface area contributed by atoms with E-state index in [9.17, 15) is 9.59 Å². The van der Waals surface area contributed by atoms with Crippen LogP contribution < -0.4 is 10.6 Å². The molecule has 24 heavy (non-hydrogen) atoms. The van der Waals surface area contributed by atoms with Crippen LogP contribution in [0.25, 0.3) is 0 Å². The van der Waals surface area contributed by atoms with Crippen molar-refractivity contribution in [2.45, 2.75) is 53.1 Å². The molecule has 0 saturated carbocycles. The Hall–Kier alpha value is -1.82. The molecular weight excluding hydrogens is 308 g/mol. The van der Waals surface area contributed by atoms with E-state index in [0.717, 1.165) is 6.42 Å². The number of furan rings is 1. The van der Waals surface area contributed by atoms with E-state index < -0.39 is 11.9 Å². The van der Waals surface area contributed by atoms with Crippen molar-refractivity contribution in [3.8, 4) is 0 Å². The number of nitrogens with one attached hydrogen (secondary N) is 2. The molecule has 0 spiro atoms. The lowest BCUT2D eigenvalue weighted by Gasteiger charge is -2.29. The Morgan fingerprint density at radius 1 is 1.25 bits per heavy atom. The fraction of sp³-hybridized carbons (Fsp3) is 0.667. The predicted molar refractivity (Wildman–Crippen MR) is 92.7 cm³/mol. The first-order valence-electron chi connectivity index (χ1n) is 8.27. The van der Waals surface area contributed by atoms with Gasteiger partial charge in [0, 0.05) is 7.11 Å². The van der Waals surface area contributed by atoms with E-state index in [1.54, 1.807) is 19.2 Å². The van der Waals surface area contributed by atoms with Crippen LogP contribution in [0.15, 0.2) is 22.8 Å². The predicted octanol–water partition coefficient (Wildman–Crippen LogP) is 2.60. The van der Waals surface area contributed by atoms with Gasteiger partial charge in [-0.05, 0) is 29.9 Å². The summed E-state index contributed by atoms with van der Waals surface area (Å²) >= 11 is 0. The second-order valence-electron chi connectivity index (χ2n) is 7.60. The highest BCUT2D eigenvalue weighted by atomic mass is 16.5. The van der Waals surface area contributed by atoms with E-state index in [1.807, 2.05) is 13.8 Å². The van der Waals surface area contributed by atoms with E-state index in [4.69, 9.17) is 9.15 Å². The molecule has 6 heteroatoms. The van der Waals surface area contributed by atoms with Gasteiger partial charge in [0.1, 0.15) is 6.04 Å². The van der Waals surface area contributed by atoms with Gasteiger partial charge in [-0.1, -0.05) is 34.6 Å². The molecule has 6 nitrogen and oxygen atoms in total. The Morgan fingerprint density at radius 2 is 1.92 bits per heavy atom. The van der Waals surface area contributed by atoms with Crippen LogP contribution in [0.1, 0.15) is 51.6 Å². The summed E-state index contributed by atoms with van der Waals surface area (Å²) in [6.45, 7) is 10.5. The smallest absolute Gasteiger partial charge is 0.287 e. The van der Waals surface area contributed by atoms with Gasteiger partial charge in [0.05, 0.1) is 18.9 Å². The van der Waals surface area contributed by atoms with Gasteiger partial charge in [-0.3, -0.25) is 9.59 Å². The van der Waals surface area contributed by atoms with Crippen LogP contribution in [0.5, 0.6) is 0 Å². The maximum absolute atomic E-state index is 12.6. The Morgan fingerprint density at radius 3 is 2.38 bits per heavy atom. The first-order valence-corrected chi connectivity index (χ1v) is 8.27. The molecule has 0 aliphatic carbocycles. The van der Waals surface area contributed by atoms with Crippen molar-refractivity contribution >= 4 is 11.8 Å². The molecule has 2 amide bonds. The third-order valence-electron chi connectivity index (χ3n) is 3.55. The molecule has 0 aromatic carbocycles. The number of amides is 2. The molecule has 1 aromatic heterocycles. The summed E-state index contributed by atoms with van der Waals surface area (Å²) in [4.78, 5) is 24.8. The molecule has 0 aliphatic rings. The summed E-state index contributed by atoms with van der Waals surface area (Å²) in [5.41, 5.74) is 0.0568. The Labute approximate surface area is 144 Å². The highest BCUT2D eigenvalue weighted by Gasteiger charge is 2.28. The molecular formula is C18H30N2O4. The standard InChI is InChI=1S/C18H30N2O4/c1-12(2)15(20-16(21)14-8-7-9-24-14)17(22)19-13(11-23-6)10-18(3,4)5/h7-9,12-13,15H,10-11H2,1-6H3,(H,19,22)(H,20,21). The van der Waals surface area contributed by atoms with Crippen molar-refractivity contribution < 1.29 is 18.7 Å². The Balaban J connectivity index is 2.75. The zero-order valence-corrected chi connectivity index (χ0v) is 15.5. The van der Waals surface area contributed by atoms with Crippen LogP contribution in [0.3, 0.4) is 0 Å². The molecule has 136 valence electrons. The van der Waals surface area contributed by atoms with Crippen LogP contribution in [0.4, 0.5) is 0 Å². The molecule has 0 saturated heterocycles. The maximum Gasteiger partial charge on any atom is 0.287 e. The molecule has 1 heterocycles. The van der Waals surface area contributed by atoms with Gasteiger partial charge < -0.3 is 19.8 Å². The van der Waals surface area contributed by atoms with Crippen LogP contribution in [-0.2, 0) is 9.53 Å². The van der Waals surface area contributed by atoms with Crippen molar-refractivity contribution in [1.29, 1.82) is 0 Å². The van der Waals surface area contributed by atoms with Crippen molar-refractivity contribution in [3.05, 3.63) is 24.2 Å². The molecule has 1 aromatic rings. The van der Waals surface area contributed by atoms with Gasteiger partial charge >= 0.3 is 0 Å². The number of methoxy groups -OCH3 is 1. The highest BCUT2D eigenvalue weighted by Crippen LogP contribution is 2.21. The normalized spacial score (nSPS) is 14.3. The number of hydrogen-bond donors (Lipinski definition) is 2. The van der Waals surface area contributed by atoms with Crippen molar-refractivity contribution in [3.63, 3.8) is 0 Å². The fourth-order valence-electron chi connectivity index (χ4n) is 2.54. The summed E-state index contributed by atoms with van der Waals surface area (Å²) in [6, 6.07) is 2.46. The molecule has 2 atom stereocenters. The number of hydrogen-bond acceptors (Lipinski definition) is 4. The second kappa shape index (κ2) is 8.87. The lowest BCUT2D eigenvalue weighted by molar-refractivity contribution is -0.125. The fourth-order valence-corrected chi connectivity index (χ4v) is 2.54. The quantitative estimate of drug-likeness (QED) is 0.763. The zero-order valence-electron chi connectivity index (χ0n) is 15.5. The second-order valence-corrected chi connectivity index (χ2v) is 7.60. The number of carbonyl (C=O) groups is 2. The molecule has 0 bridgehead atoms. The molecule has 0 aliphatic heterocycles. The lowest BCUT2D eigenvalue weighted by Crippen LogP contribution is -2.53. The topological polar surface area (TPSA) is 80.6 Å². The number of rotatable bonds is 8. The van der Waals surface area contributed by atoms with E-state index in [2.05, 4.69) is 31.4 Å². The molecule has 1 rings (SSSR count).